The zero-order valence-electron chi connectivity index (χ0n) is 12.1. The number of aromatic nitrogens is 1. The lowest BCUT2D eigenvalue weighted by molar-refractivity contribution is 0.102. The first-order valence-corrected chi connectivity index (χ1v) is 7.32. The Hall–Kier alpha value is -1.79. The number of hydrogen-bond donors (Lipinski definition) is 1. The standard InChI is InChI=1S/C14H15ClN2O3S/c1-7-8(2)21-14(16-7)13(18)17-10-6-11(19-3)9(15)5-12(10)20-4/h5-6H,1-4H3,(H,17,18). The highest BCUT2D eigenvalue weighted by atomic mass is 35.5. The molecule has 0 fully saturated rings. The summed E-state index contributed by atoms with van der Waals surface area (Å²) in [4.78, 5) is 17.5. The number of methoxy groups -OCH3 is 2. The number of aryl methyl sites for hydroxylation is 2. The van der Waals surface area contributed by atoms with E-state index in [1.807, 2.05) is 13.8 Å². The van der Waals surface area contributed by atoms with Crippen molar-refractivity contribution in [3.8, 4) is 11.5 Å². The zero-order valence-corrected chi connectivity index (χ0v) is 13.7. The Morgan fingerprint density at radius 2 is 1.90 bits per heavy atom. The number of nitrogens with one attached hydrogen (secondary N) is 1. The molecule has 1 aromatic carbocycles. The number of carbonyl (C=O) groups is 1. The van der Waals surface area contributed by atoms with Gasteiger partial charge in [0, 0.05) is 17.0 Å². The van der Waals surface area contributed by atoms with Crippen LogP contribution in [0.2, 0.25) is 5.02 Å². The number of thiazole rings is 1. The summed E-state index contributed by atoms with van der Waals surface area (Å²) in [6.45, 7) is 3.80. The topological polar surface area (TPSA) is 60.5 Å². The molecule has 2 rings (SSSR count). The summed E-state index contributed by atoms with van der Waals surface area (Å²) in [7, 11) is 3.01. The summed E-state index contributed by atoms with van der Waals surface area (Å²) in [5.41, 5.74) is 1.33. The second-order valence-electron chi connectivity index (χ2n) is 4.30. The molecule has 1 aromatic heterocycles. The van der Waals surface area contributed by atoms with Crippen molar-refractivity contribution in [2.75, 3.05) is 19.5 Å². The monoisotopic (exact) mass is 326 g/mol. The van der Waals surface area contributed by atoms with Crippen LogP contribution in [0, 0.1) is 13.8 Å². The van der Waals surface area contributed by atoms with E-state index in [-0.39, 0.29) is 5.91 Å². The third kappa shape index (κ3) is 3.28. The van der Waals surface area contributed by atoms with Gasteiger partial charge in [-0.3, -0.25) is 4.79 Å². The SMILES string of the molecule is COc1cc(NC(=O)c2nc(C)c(C)s2)c(OC)cc1Cl. The number of ether oxygens (including phenoxy) is 2. The van der Waals surface area contributed by atoms with Crippen molar-refractivity contribution in [3.05, 3.63) is 32.7 Å². The van der Waals surface area contributed by atoms with E-state index in [9.17, 15) is 4.79 Å². The number of carbonyl (C=O) groups excluding carboxylic acids is 1. The van der Waals surface area contributed by atoms with E-state index < -0.39 is 0 Å². The maximum absolute atomic E-state index is 12.2. The second kappa shape index (κ2) is 6.32. The number of hydrogen-bond acceptors (Lipinski definition) is 5. The Labute approximate surface area is 131 Å². The molecule has 0 aliphatic heterocycles. The van der Waals surface area contributed by atoms with Crippen molar-refractivity contribution in [3.63, 3.8) is 0 Å². The molecule has 1 heterocycles. The molecule has 21 heavy (non-hydrogen) atoms. The van der Waals surface area contributed by atoms with Gasteiger partial charge in [0.1, 0.15) is 11.5 Å². The van der Waals surface area contributed by atoms with Crippen LogP contribution >= 0.6 is 22.9 Å². The van der Waals surface area contributed by atoms with E-state index >= 15 is 0 Å². The first kappa shape index (κ1) is 15.6. The van der Waals surface area contributed by atoms with Gasteiger partial charge in [0.2, 0.25) is 0 Å². The van der Waals surface area contributed by atoms with Crippen molar-refractivity contribution < 1.29 is 14.3 Å². The average Bonchev–Trinajstić information content (AvgIpc) is 2.80. The summed E-state index contributed by atoms with van der Waals surface area (Å²) < 4.78 is 10.4. The van der Waals surface area contributed by atoms with E-state index in [0.717, 1.165) is 10.6 Å². The number of halogens is 1. The fraction of sp³-hybridized carbons (Fsp3) is 0.286. The van der Waals surface area contributed by atoms with Crippen LogP contribution in [0.15, 0.2) is 12.1 Å². The summed E-state index contributed by atoms with van der Waals surface area (Å²) in [6, 6.07) is 3.21. The van der Waals surface area contributed by atoms with Crippen LogP contribution in [0.5, 0.6) is 11.5 Å². The van der Waals surface area contributed by atoms with Gasteiger partial charge >= 0.3 is 0 Å². The lowest BCUT2D eigenvalue weighted by Gasteiger charge is -2.12. The fourth-order valence-electron chi connectivity index (χ4n) is 1.70. The van der Waals surface area contributed by atoms with E-state index in [2.05, 4.69) is 10.3 Å². The van der Waals surface area contributed by atoms with Crippen LogP contribution in [-0.2, 0) is 0 Å². The van der Waals surface area contributed by atoms with Gasteiger partial charge in [-0.15, -0.1) is 11.3 Å². The lowest BCUT2D eigenvalue weighted by atomic mass is 10.2. The molecule has 112 valence electrons. The number of amides is 1. The minimum Gasteiger partial charge on any atom is -0.495 e. The molecule has 5 nitrogen and oxygen atoms in total. The molecule has 7 heteroatoms. The maximum Gasteiger partial charge on any atom is 0.284 e. The highest BCUT2D eigenvalue weighted by Gasteiger charge is 2.16. The summed E-state index contributed by atoms with van der Waals surface area (Å²) in [6.07, 6.45) is 0. The van der Waals surface area contributed by atoms with E-state index in [1.54, 1.807) is 12.1 Å². The number of rotatable bonds is 4. The van der Waals surface area contributed by atoms with Gasteiger partial charge in [-0.2, -0.15) is 0 Å². The smallest absolute Gasteiger partial charge is 0.284 e. The quantitative estimate of drug-likeness (QED) is 0.931. The van der Waals surface area contributed by atoms with E-state index in [1.165, 1.54) is 25.6 Å². The number of nitrogens with zero attached hydrogens (tertiary/aromatic N) is 1. The van der Waals surface area contributed by atoms with Crippen LogP contribution < -0.4 is 14.8 Å². The predicted molar refractivity (Wildman–Crippen MR) is 84.1 cm³/mol. The molecule has 0 saturated carbocycles. The molecule has 2 aromatic rings. The third-order valence-electron chi connectivity index (χ3n) is 2.94. The fourth-order valence-corrected chi connectivity index (χ4v) is 2.74. The molecule has 0 aliphatic carbocycles. The van der Waals surface area contributed by atoms with Crippen molar-refractivity contribution >= 4 is 34.5 Å². The van der Waals surface area contributed by atoms with Crippen molar-refractivity contribution in [1.29, 1.82) is 0 Å². The Bertz CT molecular complexity index is 666. The second-order valence-corrected chi connectivity index (χ2v) is 5.91. The molecule has 0 atom stereocenters. The van der Waals surface area contributed by atoms with Gasteiger partial charge in [-0.05, 0) is 13.8 Å². The molecule has 1 N–H and O–H groups in total. The largest absolute Gasteiger partial charge is 0.495 e. The average molecular weight is 327 g/mol. The normalized spacial score (nSPS) is 10.3. The lowest BCUT2D eigenvalue weighted by Crippen LogP contribution is -2.12. The van der Waals surface area contributed by atoms with Crippen molar-refractivity contribution in [2.24, 2.45) is 0 Å². The van der Waals surface area contributed by atoms with Crippen LogP contribution in [0.25, 0.3) is 0 Å². The van der Waals surface area contributed by atoms with Crippen LogP contribution in [0.1, 0.15) is 20.4 Å². The Balaban J connectivity index is 2.31. The highest BCUT2D eigenvalue weighted by molar-refractivity contribution is 7.13. The van der Waals surface area contributed by atoms with Gasteiger partial charge in [-0.1, -0.05) is 11.6 Å². The van der Waals surface area contributed by atoms with Gasteiger partial charge in [-0.25, -0.2) is 4.98 Å². The molecule has 1 amide bonds. The zero-order chi connectivity index (χ0) is 15.6. The highest BCUT2D eigenvalue weighted by Crippen LogP contribution is 2.36. The van der Waals surface area contributed by atoms with Crippen LogP contribution in [0.4, 0.5) is 5.69 Å². The maximum atomic E-state index is 12.2. The first-order chi connectivity index (χ1) is 9.96. The molecular weight excluding hydrogens is 312 g/mol. The van der Waals surface area contributed by atoms with Gasteiger partial charge in [0.15, 0.2) is 5.01 Å². The Kier molecular flexibility index (Phi) is 4.69. The van der Waals surface area contributed by atoms with Gasteiger partial charge in [0.25, 0.3) is 5.91 Å². The Morgan fingerprint density at radius 3 is 2.43 bits per heavy atom. The van der Waals surface area contributed by atoms with E-state index in [4.69, 9.17) is 21.1 Å². The summed E-state index contributed by atoms with van der Waals surface area (Å²) in [5.74, 6) is 0.622. The molecule has 0 unspecified atom stereocenters. The number of anilines is 1. The number of benzene rings is 1. The minimum absolute atomic E-state index is 0.293. The minimum atomic E-state index is -0.293. The molecule has 0 saturated heterocycles. The summed E-state index contributed by atoms with van der Waals surface area (Å²) in [5, 5.41) is 3.58. The van der Waals surface area contributed by atoms with Crippen LogP contribution in [0.3, 0.4) is 0 Å². The Morgan fingerprint density at radius 1 is 1.24 bits per heavy atom. The summed E-state index contributed by atoms with van der Waals surface area (Å²) >= 11 is 7.38. The van der Waals surface area contributed by atoms with Gasteiger partial charge < -0.3 is 14.8 Å². The van der Waals surface area contributed by atoms with Crippen LogP contribution in [-0.4, -0.2) is 25.1 Å². The van der Waals surface area contributed by atoms with Crippen molar-refractivity contribution in [1.82, 2.24) is 4.98 Å². The molecule has 0 bridgehead atoms. The van der Waals surface area contributed by atoms with Gasteiger partial charge in [0.05, 0.1) is 30.6 Å². The molecular formula is C14H15ClN2O3S. The molecule has 0 spiro atoms. The molecule has 0 aliphatic rings. The third-order valence-corrected chi connectivity index (χ3v) is 4.31. The van der Waals surface area contributed by atoms with Crippen molar-refractivity contribution in [2.45, 2.75) is 13.8 Å². The molecule has 0 radical (unpaired) electrons. The predicted octanol–water partition coefficient (Wildman–Crippen LogP) is 3.68. The first-order valence-electron chi connectivity index (χ1n) is 6.13. The van der Waals surface area contributed by atoms with E-state index in [0.29, 0.717) is 27.2 Å².